The molecule has 1 aliphatic rings. The topological polar surface area (TPSA) is 79.6 Å². The molecule has 0 atom stereocenters. The minimum atomic E-state index is -0.313. The molecule has 2 aromatic heterocycles. The fourth-order valence-corrected chi connectivity index (χ4v) is 3.11. The van der Waals surface area contributed by atoms with E-state index >= 15 is 0 Å². The van der Waals surface area contributed by atoms with E-state index in [1.807, 2.05) is 19.2 Å². The fourth-order valence-electron chi connectivity index (χ4n) is 3.11. The Morgan fingerprint density at radius 1 is 1.35 bits per heavy atom. The van der Waals surface area contributed by atoms with E-state index in [9.17, 15) is 0 Å². The predicted molar refractivity (Wildman–Crippen MR) is 81.5 cm³/mol. The van der Waals surface area contributed by atoms with Crippen molar-refractivity contribution in [3.8, 4) is 0 Å². The first-order chi connectivity index (χ1) is 9.64. The predicted octanol–water partition coefficient (Wildman–Crippen LogP) is 2.75. The quantitative estimate of drug-likeness (QED) is 0.803. The van der Waals surface area contributed by atoms with Crippen LogP contribution in [0.25, 0.3) is 11.2 Å². The summed E-state index contributed by atoms with van der Waals surface area (Å²) in [6.45, 7) is 2.26. The van der Waals surface area contributed by atoms with Gasteiger partial charge in [0.25, 0.3) is 0 Å². The van der Waals surface area contributed by atoms with Gasteiger partial charge in [0.1, 0.15) is 11.6 Å². The van der Waals surface area contributed by atoms with Gasteiger partial charge in [0.2, 0.25) is 0 Å². The normalized spacial score (nSPS) is 26.9. The zero-order chi connectivity index (χ0) is 14.2. The van der Waals surface area contributed by atoms with Crippen molar-refractivity contribution in [2.45, 2.75) is 44.6 Å². The summed E-state index contributed by atoms with van der Waals surface area (Å²) in [6, 6.07) is 3.95. The number of hydrogen-bond acceptors (Lipinski definition) is 4. The van der Waals surface area contributed by atoms with E-state index in [0.717, 1.165) is 41.6 Å². The summed E-state index contributed by atoms with van der Waals surface area (Å²) in [5, 5.41) is 3.03. The molecule has 1 fully saturated rings. The number of nitrogens with two attached hydrogens (primary N) is 1. The Hall–Kier alpha value is -1.62. The van der Waals surface area contributed by atoms with Crippen molar-refractivity contribution >= 4 is 17.0 Å². The Kier molecular flexibility index (Phi) is 3.38. The zero-order valence-corrected chi connectivity index (χ0v) is 12.2. The van der Waals surface area contributed by atoms with E-state index in [1.54, 1.807) is 0 Å². The molecule has 0 radical (unpaired) electrons. The molecule has 20 heavy (non-hydrogen) atoms. The van der Waals surface area contributed by atoms with Crippen LogP contribution in [0, 0.1) is 5.92 Å². The maximum absolute atomic E-state index is 6.59. The lowest BCUT2D eigenvalue weighted by Gasteiger charge is -2.35. The summed E-state index contributed by atoms with van der Waals surface area (Å²) in [5.41, 5.74) is 7.99. The number of imidazole rings is 1. The van der Waals surface area contributed by atoms with Crippen molar-refractivity contribution in [3.05, 3.63) is 18.0 Å². The van der Waals surface area contributed by atoms with Gasteiger partial charge in [0.05, 0.1) is 11.1 Å². The molecule has 5 nitrogen and oxygen atoms in total. The molecule has 0 bridgehead atoms. The average Bonchev–Trinajstić information content (AvgIpc) is 2.91. The van der Waals surface area contributed by atoms with Gasteiger partial charge in [-0.3, -0.25) is 0 Å². The van der Waals surface area contributed by atoms with Gasteiger partial charge >= 0.3 is 0 Å². The number of aromatic amines is 1. The first-order valence-electron chi connectivity index (χ1n) is 7.48. The van der Waals surface area contributed by atoms with E-state index in [-0.39, 0.29) is 5.54 Å². The van der Waals surface area contributed by atoms with Gasteiger partial charge in [-0.05, 0) is 43.7 Å². The number of H-pyrrole nitrogens is 1. The van der Waals surface area contributed by atoms with E-state index in [1.165, 1.54) is 19.3 Å². The second-order valence-corrected chi connectivity index (χ2v) is 5.91. The van der Waals surface area contributed by atoms with E-state index < -0.39 is 0 Å². The summed E-state index contributed by atoms with van der Waals surface area (Å²) in [6.07, 6.45) is 5.65. The third-order valence-corrected chi connectivity index (χ3v) is 4.65. The molecule has 0 aliphatic heterocycles. The first kappa shape index (κ1) is 13.4. The lowest BCUT2D eigenvalue weighted by Crippen LogP contribution is -2.41. The van der Waals surface area contributed by atoms with Crippen LogP contribution in [0.3, 0.4) is 0 Å². The molecule has 1 saturated carbocycles. The Morgan fingerprint density at radius 2 is 2.10 bits per heavy atom. The van der Waals surface area contributed by atoms with Crippen LogP contribution in [0.4, 0.5) is 5.82 Å². The van der Waals surface area contributed by atoms with Crippen LogP contribution in [-0.4, -0.2) is 22.0 Å². The number of rotatable bonds is 3. The fraction of sp³-hybridized carbons (Fsp3) is 0.600. The third-order valence-electron chi connectivity index (χ3n) is 4.65. The number of aromatic nitrogens is 3. The van der Waals surface area contributed by atoms with Crippen LogP contribution in [0.2, 0.25) is 0 Å². The Balaban J connectivity index is 1.90. The summed E-state index contributed by atoms with van der Waals surface area (Å²) in [4.78, 5) is 12.5. The summed E-state index contributed by atoms with van der Waals surface area (Å²) in [5.74, 6) is 2.55. The molecule has 0 unspecified atom stereocenters. The second-order valence-electron chi connectivity index (χ2n) is 5.91. The molecule has 108 valence electrons. The number of nitrogens with zero attached hydrogens (tertiary/aromatic N) is 2. The lowest BCUT2D eigenvalue weighted by molar-refractivity contribution is 0.223. The summed E-state index contributed by atoms with van der Waals surface area (Å²) < 4.78 is 0. The van der Waals surface area contributed by atoms with Crippen molar-refractivity contribution < 1.29 is 0 Å². The highest BCUT2D eigenvalue weighted by molar-refractivity contribution is 5.73. The summed E-state index contributed by atoms with van der Waals surface area (Å²) in [7, 11) is 1.86. The van der Waals surface area contributed by atoms with Crippen LogP contribution >= 0.6 is 0 Å². The average molecular weight is 273 g/mol. The largest absolute Gasteiger partial charge is 0.373 e. The van der Waals surface area contributed by atoms with Gasteiger partial charge in [-0.15, -0.1) is 0 Å². The summed E-state index contributed by atoms with van der Waals surface area (Å²) >= 11 is 0. The Bertz CT molecular complexity index is 595. The van der Waals surface area contributed by atoms with Gasteiger partial charge in [-0.2, -0.15) is 0 Å². The van der Waals surface area contributed by atoms with E-state index in [4.69, 9.17) is 5.73 Å². The van der Waals surface area contributed by atoms with Gasteiger partial charge in [0, 0.05) is 7.05 Å². The second kappa shape index (κ2) is 5.05. The van der Waals surface area contributed by atoms with Crippen molar-refractivity contribution in [2.24, 2.45) is 11.7 Å². The van der Waals surface area contributed by atoms with Crippen LogP contribution in [0.15, 0.2) is 12.1 Å². The van der Waals surface area contributed by atoms with Gasteiger partial charge < -0.3 is 16.0 Å². The van der Waals surface area contributed by atoms with Crippen molar-refractivity contribution in [3.63, 3.8) is 0 Å². The first-order valence-corrected chi connectivity index (χ1v) is 7.48. The maximum Gasteiger partial charge on any atom is 0.179 e. The molecule has 2 heterocycles. The zero-order valence-electron chi connectivity index (χ0n) is 12.2. The number of pyridine rings is 1. The SMILES string of the molecule is CCC1CCC(N)(c2nc3nc(NC)ccc3[nH]2)CC1. The lowest BCUT2D eigenvalue weighted by atomic mass is 9.76. The molecule has 0 spiro atoms. The molecule has 0 aromatic carbocycles. The number of hydrogen-bond donors (Lipinski definition) is 3. The number of fused-ring (bicyclic) bond motifs is 1. The van der Waals surface area contributed by atoms with Gasteiger partial charge in [0.15, 0.2) is 5.65 Å². The van der Waals surface area contributed by atoms with Crippen LogP contribution in [0.5, 0.6) is 0 Å². The molecular weight excluding hydrogens is 250 g/mol. The Morgan fingerprint density at radius 3 is 2.75 bits per heavy atom. The van der Waals surface area contributed by atoms with Gasteiger partial charge in [-0.25, -0.2) is 9.97 Å². The highest BCUT2D eigenvalue weighted by Crippen LogP contribution is 2.37. The number of nitrogens with one attached hydrogen (secondary N) is 2. The smallest absolute Gasteiger partial charge is 0.179 e. The molecule has 4 N–H and O–H groups in total. The highest BCUT2D eigenvalue weighted by atomic mass is 15.1. The van der Waals surface area contributed by atoms with Gasteiger partial charge in [-0.1, -0.05) is 13.3 Å². The van der Waals surface area contributed by atoms with Crippen molar-refractivity contribution in [1.29, 1.82) is 0 Å². The van der Waals surface area contributed by atoms with Crippen LogP contribution < -0.4 is 11.1 Å². The van der Waals surface area contributed by atoms with Crippen molar-refractivity contribution in [1.82, 2.24) is 15.0 Å². The molecule has 5 heteroatoms. The number of anilines is 1. The molecule has 0 amide bonds. The molecule has 0 saturated heterocycles. The monoisotopic (exact) mass is 273 g/mol. The maximum atomic E-state index is 6.59. The molecule has 1 aliphatic carbocycles. The Labute approximate surface area is 119 Å². The highest BCUT2D eigenvalue weighted by Gasteiger charge is 2.35. The van der Waals surface area contributed by atoms with Crippen LogP contribution in [0.1, 0.15) is 44.9 Å². The molecular formula is C15H23N5. The van der Waals surface area contributed by atoms with Crippen LogP contribution in [-0.2, 0) is 5.54 Å². The van der Waals surface area contributed by atoms with E-state index in [2.05, 4.69) is 27.2 Å². The molecule has 3 rings (SSSR count). The minimum Gasteiger partial charge on any atom is -0.373 e. The van der Waals surface area contributed by atoms with Crippen molar-refractivity contribution in [2.75, 3.05) is 12.4 Å². The molecule has 2 aromatic rings. The van der Waals surface area contributed by atoms with E-state index in [0.29, 0.717) is 0 Å². The standard InChI is InChI=1S/C15H23N5/c1-3-10-6-8-15(16,9-7-10)14-18-11-4-5-12(17-2)19-13(11)20-14/h4-5,10H,3,6-9,16H2,1-2H3,(H2,17,18,19,20). The third kappa shape index (κ3) is 2.26. The minimum absolute atomic E-state index is 0.313.